The number of hydrogen-bond donors (Lipinski definition) is 2. The number of amides is 1. The number of carboxylic acids is 1. The predicted octanol–water partition coefficient (Wildman–Crippen LogP) is 8.15. The van der Waals surface area contributed by atoms with Crippen LogP contribution in [-0.4, -0.2) is 28.9 Å². The minimum absolute atomic E-state index is 0.0848. The molecule has 1 amide bonds. The van der Waals surface area contributed by atoms with Crippen molar-refractivity contribution in [3.05, 3.63) is 94.6 Å². The number of hydrogen-bond acceptors (Lipinski definition) is 4. The molecule has 2 aromatic carbocycles. The van der Waals surface area contributed by atoms with E-state index >= 15 is 0 Å². The molecule has 1 unspecified atom stereocenters. The van der Waals surface area contributed by atoms with Crippen molar-refractivity contribution < 1.29 is 23.5 Å². The van der Waals surface area contributed by atoms with Crippen molar-refractivity contribution in [1.82, 2.24) is 5.32 Å². The number of allylic oxidation sites excluding steroid dienone is 5. The van der Waals surface area contributed by atoms with Crippen LogP contribution in [0.3, 0.4) is 0 Å². The molecule has 0 aliphatic rings. The molecule has 6 nitrogen and oxygen atoms in total. The van der Waals surface area contributed by atoms with Gasteiger partial charge in [-0.15, -0.1) is 0 Å². The topological polar surface area (TPSA) is 91.1 Å². The average Bonchev–Trinajstić information content (AvgIpc) is 2.88. The third kappa shape index (κ3) is 10.8. The van der Waals surface area contributed by atoms with Gasteiger partial charge < -0.3 is 10.4 Å². The fourth-order valence-corrected chi connectivity index (χ4v) is 3.51. The molecule has 0 saturated carbocycles. The Hall–Kier alpha value is -3.91. The van der Waals surface area contributed by atoms with Crippen molar-refractivity contribution in [2.75, 3.05) is 0 Å². The number of carboxylic acid groups (broad SMARTS) is 1. The highest BCUT2D eigenvalue weighted by Gasteiger charge is 2.15. The lowest BCUT2D eigenvalue weighted by atomic mass is 10.1. The van der Waals surface area contributed by atoms with Crippen LogP contribution < -0.4 is 5.32 Å². The Morgan fingerprint density at radius 3 is 2.41 bits per heavy atom. The molecule has 39 heavy (non-hydrogen) atoms. The van der Waals surface area contributed by atoms with Crippen LogP contribution in [-0.2, 0) is 4.79 Å². The first-order valence-electron chi connectivity index (χ1n) is 12.4. The van der Waals surface area contributed by atoms with Crippen LogP contribution >= 0.6 is 11.6 Å². The summed E-state index contributed by atoms with van der Waals surface area (Å²) in [4.78, 5) is 33.0. The summed E-state index contributed by atoms with van der Waals surface area (Å²) < 4.78 is 26.9. The summed E-state index contributed by atoms with van der Waals surface area (Å²) in [5.74, 6) is -3.22. The molecule has 0 heterocycles. The molecule has 9 heteroatoms. The summed E-state index contributed by atoms with van der Waals surface area (Å²) in [5, 5.41) is 12.2. The molecule has 0 spiro atoms. The predicted molar refractivity (Wildman–Crippen MR) is 154 cm³/mol. The number of nitrogens with zero attached hydrogens (tertiary/aromatic N) is 2. The smallest absolute Gasteiger partial charge is 0.303 e. The van der Waals surface area contributed by atoms with Crippen LogP contribution in [0.5, 0.6) is 0 Å². The van der Waals surface area contributed by atoms with Gasteiger partial charge in [-0.25, -0.2) is 8.78 Å². The number of carbonyl (C=O) groups is 2. The van der Waals surface area contributed by atoms with Gasteiger partial charge in [-0.3, -0.25) is 19.6 Å². The average molecular weight is 556 g/mol. The standard InChI is InChI=1S/C30H32ClF2N3O3/c1-5-22(11-10-19(2)31)18-34-27-15-13-24(17-28(27)35-20(3)8-6-7-9-29(37)38)30(39)36-21(4)23-12-14-25(32)26(33)16-23/h5,10-18,21H,1,6-9H2,2-4H3,(H,36,39)(H,37,38)/b19-10+,22-11+,34-18?,35-20?. The van der Waals surface area contributed by atoms with Crippen LogP contribution in [0.1, 0.15) is 68.4 Å². The van der Waals surface area contributed by atoms with Crippen molar-refractivity contribution in [2.45, 2.75) is 52.5 Å². The lowest BCUT2D eigenvalue weighted by molar-refractivity contribution is -0.137. The first-order valence-corrected chi connectivity index (χ1v) is 12.7. The monoisotopic (exact) mass is 555 g/mol. The second-order valence-corrected chi connectivity index (χ2v) is 9.50. The molecule has 0 aliphatic heterocycles. The first kappa shape index (κ1) is 31.3. The number of rotatable bonds is 13. The summed E-state index contributed by atoms with van der Waals surface area (Å²) >= 11 is 5.90. The lowest BCUT2D eigenvalue weighted by Crippen LogP contribution is -2.26. The summed E-state index contributed by atoms with van der Waals surface area (Å²) in [5.41, 5.74) is 3.14. The van der Waals surface area contributed by atoms with Crippen molar-refractivity contribution >= 4 is 46.8 Å². The molecule has 0 fully saturated rings. The first-order chi connectivity index (χ1) is 18.5. The quantitative estimate of drug-likeness (QED) is 0.148. The molecular formula is C30H32ClF2N3O3. The van der Waals surface area contributed by atoms with Crippen molar-refractivity contribution in [3.8, 4) is 0 Å². The molecule has 0 aliphatic carbocycles. The van der Waals surface area contributed by atoms with E-state index in [9.17, 15) is 18.4 Å². The second kappa shape index (κ2) is 15.5. The normalized spacial score (nSPS) is 13.4. The molecule has 206 valence electrons. The largest absolute Gasteiger partial charge is 0.481 e. The van der Waals surface area contributed by atoms with Gasteiger partial charge in [0.1, 0.15) is 0 Å². The van der Waals surface area contributed by atoms with Gasteiger partial charge in [0.2, 0.25) is 0 Å². The van der Waals surface area contributed by atoms with Gasteiger partial charge in [-0.2, -0.15) is 0 Å². The van der Waals surface area contributed by atoms with Crippen molar-refractivity contribution in [2.24, 2.45) is 9.98 Å². The maximum atomic E-state index is 13.6. The Morgan fingerprint density at radius 1 is 1.05 bits per heavy atom. The Morgan fingerprint density at radius 2 is 1.77 bits per heavy atom. The number of nitrogens with one attached hydrogen (secondary N) is 1. The molecule has 2 aromatic rings. The van der Waals surface area contributed by atoms with Crippen LogP contribution in [0.15, 0.2) is 81.8 Å². The van der Waals surface area contributed by atoms with E-state index in [0.717, 1.165) is 17.8 Å². The maximum Gasteiger partial charge on any atom is 0.303 e. The van der Waals surface area contributed by atoms with Gasteiger partial charge in [0.05, 0.1) is 17.4 Å². The Labute approximate surface area is 232 Å². The SMILES string of the molecule is C=C/C(C=Nc1ccc(C(=O)NC(C)c2ccc(F)c(F)c2)cc1N=C(C)CCCCC(=O)O)=C\C=C(/C)Cl. The fraction of sp³-hybridized carbons (Fsp3) is 0.267. The van der Waals surface area contributed by atoms with E-state index in [4.69, 9.17) is 16.7 Å². The highest BCUT2D eigenvalue weighted by Crippen LogP contribution is 2.30. The molecule has 0 saturated heterocycles. The zero-order valence-electron chi connectivity index (χ0n) is 22.2. The van der Waals surface area contributed by atoms with Crippen LogP contribution in [0.4, 0.5) is 20.2 Å². The number of aliphatic imine (C=N–C) groups is 2. The van der Waals surface area contributed by atoms with Gasteiger partial charge in [-0.05, 0) is 87.6 Å². The highest BCUT2D eigenvalue weighted by molar-refractivity contribution is 6.29. The highest BCUT2D eigenvalue weighted by atomic mass is 35.5. The number of benzene rings is 2. The van der Waals surface area contributed by atoms with E-state index in [2.05, 4.69) is 21.9 Å². The van der Waals surface area contributed by atoms with E-state index in [1.165, 1.54) is 6.07 Å². The van der Waals surface area contributed by atoms with Crippen LogP contribution in [0.2, 0.25) is 0 Å². The molecule has 2 rings (SSSR count). The summed E-state index contributed by atoms with van der Waals surface area (Å²) in [6.07, 6.45) is 8.55. The fourth-order valence-electron chi connectivity index (χ4n) is 3.45. The van der Waals surface area contributed by atoms with Crippen molar-refractivity contribution in [3.63, 3.8) is 0 Å². The second-order valence-electron chi connectivity index (χ2n) is 8.90. The van der Waals surface area contributed by atoms with E-state index in [0.29, 0.717) is 52.4 Å². The Bertz CT molecular complexity index is 1330. The molecule has 0 bridgehead atoms. The molecule has 2 N–H and O–H groups in total. The van der Waals surface area contributed by atoms with Gasteiger partial charge in [-0.1, -0.05) is 36.4 Å². The third-order valence-corrected chi connectivity index (χ3v) is 5.74. The summed E-state index contributed by atoms with van der Waals surface area (Å²) in [6, 6.07) is 7.76. The van der Waals surface area contributed by atoms with Crippen molar-refractivity contribution in [1.29, 1.82) is 0 Å². The Balaban J connectivity index is 2.35. The van der Waals surface area contributed by atoms with Crippen LogP contribution in [0.25, 0.3) is 0 Å². The zero-order chi connectivity index (χ0) is 28.9. The minimum Gasteiger partial charge on any atom is -0.481 e. The molecule has 0 aromatic heterocycles. The number of carbonyl (C=O) groups excluding carboxylic acids is 1. The van der Waals surface area contributed by atoms with Gasteiger partial charge in [0.15, 0.2) is 11.6 Å². The number of halogens is 3. The lowest BCUT2D eigenvalue weighted by Gasteiger charge is -2.15. The van der Waals surface area contributed by atoms with Gasteiger partial charge in [0, 0.05) is 28.9 Å². The molecular weight excluding hydrogens is 524 g/mol. The zero-order valence-corrected chi connectivity index (χ0v) is 22.9. The Kier molecular flexibility index (Phi) is 12.4. The van der Waals surface area contributed by atoms with E-state index in [1.54, 1.807) is 56.5 Å². The third-order valence-electron chi connectivity index (χ3n) is 5.61. The van der Waals surface area contributed by atoms with Gasteiger partial charge in [0.25, 0.3) is 5.91 Å². The number of aliphatic carboxylic acids is 1. The molecule has 0 radical (unpaired) electrons. The molecule has 1 atom stereocenters. The van der Waals surface area contributed by atoms with Gasteiger partial charge >= 0.3 is 5.97 Å². The summed E-state index contributed by atoms with van der Waals surface area (Å²) in [7, 11) is 0. The number of unbranched alkanes of at least 4 members (excludes halogenated alkanes) is 1. The van der Waals surface area contributed by atoms with E-state index in [1.807, 2.05) is 6.92 Å². The maximum absolute atomic E-state index is 13.6. The minimum atomic E-state index is -0.990. The van der Waals surface area contributed by atoms with Crippen LogP contribution in [0, 0.1) is 11.6 Å². The van der Waals surface area contributed by atoms with E-state index < -0.39 is 29.6 Å². The van der Waals surface area contributed by atoms with E-state index in [-0.39, 0.29) is 6.42 Å². The summed E-state index contributed by atoms with van der Waals surface area (Å²) in [6.45, 7) is 9.03.